The molecule has 6 heteroatoms. The minimum atomic E-state index is 0.371. The van der Waals surface area contributed by atoms with Crippen molar-refractivity contribution in [3.05, 3.63) is 35.5 Å². The highest BCUT2D eigenvalue weighted by atomic mass is 35.5. The second-order valence-corrected chi connectivity index (χ2v) is 4.42. The summed E-state index contributed by atoms with van der Waals surface area (Å²) in [7, 11) is 1.88. The van der Waals surface area contributed by atoms with Crippen LogP contribution in [-0.4, -0.2) is 24.7 Å². The lowest BCUT2D eigenvalue weighted by molar-refractivity contribution is 0.774. The van der Waals surface area contributed by atoms with E-state index in [1.807, 2.05) is 20.0 Å². The Morgan fingerprint density at radius 1 is 1.22 bits per heavy atom. The molecule has 5 nitrogen and oxygen atoms in total. The number of pyridine rings is 1. The predicted molar refractivity (Wildman–Crippen MR) is 69.3 cm³/mol. The molecule has 0 saturated heterocycles. The summed E-state index contributed by atoms with van der Waals surface area (Å²) in [5.41, 5.74) is 3.39. The summed E-state index contributed by atoms with van der Waals surface area (Å²) in [6, 6.07) is 2.00. The van der Waals surface area contributed by atoms with Gasteiger partial charge < -0.3 is 0 Å². The van der Waals surface area contributed by atoms with Crippen molar-refractivity contribution < 1.29 is 0 Å². The van der Waals surface area contributed by atoms with Crippen molar-refractivity contribution in [3.8, 4) is 11.3 Å². The zero-order chi connectivity index (χ0) is 12.7. The van der Waals surface area contributed by atoms with Crippen LogP contribution < -0.4 is 0 Å². The average molecular weight is 260 g/mol. The Labute approximate surface area is 108 Å². The Morgan fingerprint density at radius 3 is 2.83 bits per heavy atom. The van der Waals surface area contributed by atoms with E-state index >= 15 is 0 Å². The van der Waals surface area contributed by atoms with Crippen molar-refractivity contribution in [1.29, 1.82) is 0 Å². The Balaban J connectivity index is 2.22. The molecule has 90 valence electrons. The molecule has 0 aromatic carbocycles. The van der Waals surface area contributed by atoms with Crippen molar-refractivity contribution in [2.24, 2.45) is 7.05 Å². The number of fused-ring (bicyclic) bond motifs is 1. The zero-order valence-electron chi connectivity index (χ0n) is 9.92. The molecule has 0 aliphatic carbocycles. The maximum absolute atomic E-state index is 5.84. The topological polar surface area (TPSA) is 56.5 Å². The first-order valence-electron chi connectivity index (χ1n) is 5.42. The van der Waals surface area contributed by atoms with E-state index in [9.17, 15) is 0 Å². The molecule has 3 heterocycles. The number of aryl methyl sites for hydroxylation is 2. The van der Waals surface area contributed by atoms with Crippen molar-refractivity contribution in [1.82, 2.24) is 24.7 Å². The third kappa shape index (κ3) is 1.73. The fourth-order valence-electron chi connectivity index (χ4n) is 1.93. The number of aromatic nitrogens is 5. The highest BCUT2D eigenvalue weighted by molar-refractivity contribution is 6.29. The Bertz CT molecular complexity index is 734. The lowest BCUT2D eigenvalue weighted by atomic mass is 10.1. The molecule has 0 aliphatic rings. The molecule has 0 radical (unpaired) electrons. The molecular formula is C12H10ClN5. The summed E-state index contributed by atoms with van der Waals surface area (Å²) in [5.74, 6) is 0. The van der Waals surface area contributed by atoms with Gasteiger partial charge in [-0.1, -0.05) is 11.6 Å². The molecule has 0 atom stereocenters. The highest BCUT2D eigenvalue weighted by Crippen LogP contribution is 2.23. The fraction of sp³-hybridized carbons (Fsp3) is 0.167. The van der Waals surface area contributed by atoms with E-state index in [-0.39, 0.29) is 0 Å². The van der Waals surface area contributed by atoms with Gasteiger partial charge in [0.25, 0.3) is 0 Å². The molecule has 0 fully saturated rings. The third-order valence-corrected chi connectivity index (χ3v) is 2.95. The summed E-state index contributed by atoms with van der Waals surface area (Å²) >= 11 is 5.84. The molecular weight excluding hydrogens is 250 g/mol. The highest BCUT2D eigenvalue weighted by Gasteiger charge is 2.09. The first-order valence-corrected chi connectivity index (χ1v) is 5.80. The molecule has 0 saturated carbocycles. The lowest BCUT2D eigenvalue weighted by Gasteiger charge is -2.01. The normalized spacial score (nSPS) is 11.1. The van der Waals surface area contributed by atoms with Crippen LogP contribution in [0.5, 0.6) is 0 Å². The fourth-order valence-corrected chi connectivity index (χ4v) is 2.08. The van der Waals surface area contributed by atoms with Gasteiger partial charge in [0.1, 0.15) is 5.15 Å². The van der Waals surface area contributed by atoms with Crippen LogP contribution in [-0.2, 0) is 7.05 Å². The van der Waals surface area contributed by atoms with Gasteiger partial charge in [-0.3, -0.25) is 9.67 Å². The number of hydrogen-bond acceptors (Lipinski definition) is 4. The van der Waals surface area contributed by atoms with Gasteiger partial charge in [0.15, 0.2) is 5.65 Å². The maximum Gasteiger partial charge on any atom is 0.157 e. The number of hydrogen-bond donors (Lipinski definition) is 0. The molecule has 3 aromatic heterocycles. The van der Waals surface area contributed by atoms with Crippen molar-refractivity contribution in [2.45, 2.75) is 6.92 Å². The standard InChI is InChI=1S/C12H10ClN5/c1-7-9-3-8(4-15-12(9)18(2)17-7)10-5-14-6-11(13)16-10/h3-6H,1-2H3. The molecule has 3 rings (SSSR count). The molecule has 0 unspecified atom stereocenters. The first kappa shape index (κ1) is 11.1. The van der Waals surface area contributed by atoms with Gasteiger partial charge >= 0.3 is 0 Å². The first-order chi connectivity index (χ1) is 8.65. The Hall–Kier alpha value is -2.01. The number of rotatable bonds is 1. The van der Waals surface area contributed by atoms with E-state index in [1.165, 1.54) is 6.20 Å². The maximum atomic E-state index is 5.84. The van der Waals surface area contributed by atoms with E-state index in [4.69, 9.17) is 11.6 Å². The van der Waals surface area contributed by atoms with Crippen LogP contribution in [0.1, 0.15) is 5.69 Å². The van der Waals surface area contributed by atoms with E-state index in [0.29, 0.717) is 10.8 Å². The van der Waals surface area contributed by atoms with E-state index < -0.39 is 0 Å². The van der Waals surface area contributed by atoms with Crippen LogP contribution >= 0.6 is 11.6 Å². The smallest absolute Gasteiger partial charge is 0.157 e. The van der Waals surface area contributed by atoms with Crippen molar-refractivity contribution in [3.63, 3.8) is 0 Å². The Kier molecular flexibility index (Phi) is 2.48. The average Bonchev–Trinajstić information content (AvgIpc) is 2.65. The SMILES string of the molecule is Cc1nn(C)c2ncc(-c3cncc(Cl)n3)cc12. The number of halogens is 1. The second kappa shape index (κ2) is 4.03. The van der Waals surface area contributed by atoms with Crippen LogP contribution in [0.25, 0.3) is 22.3 Å². The Morgan fingerprint density at radius 2 is 2.06 bits per heavy atom. The van der Waals surface area contributed by atoms with Gasteiger partial charge in [0, 0.05) is 24.2 Å². The summed E-state index contributed by atoms with van der Waals surface area (Å²) in [6.45, 7) is 1.96. The van der Waals surface area contributed by atoms with Gasteiger partial charge in [0.2, 0.25) is 0 Å². The van der Waals surface area contributed by atoms with Crippen LogP contribution in [0.4, 0.5) is 0 Å². The summed E-state index contributed by atoms with van der Waals surface area (Å²) in [6.07, 6.45) is 4.93. The van der Waals surface area contributed by atoms with E-state index in [0.717, 1.165) is 22.3 Å². The molecule has 0 aliphatic heterocycles. The van der Waals surface area contributed by atoms with Gasteiger partial charge in [-0.05, 0) is 13.0 Å². The predicted octanol–water partition coefficient (Wildman–Crippen LogP) is 2.39. The summed E-state index contributed by atoms with van der Waals surface area (Å²) < 4.78 is 1.76. The zero-order valence-corrected chi connectivity index (χ0v) is 10.7. The molecule has 0 spiro atoms. The minimum absolute atomic E-state index is 0.371. The van der Waals surface area contributed by atoms with E-state index in [2.05, 4.69) is 20.1 Å². The minimum Gasteiger partial charge on any atom is -0.259 e. The summed E-state index contributed by atoms with van der Waals surface area (Å²) in [5, 5.41) is 5.72. The van der Waals surface area contributed by atoms with Crippen LogP contribution in [0.15, 0.2) is 24.7 Å². The molecule has 0 bridgehead atoms. The lowest BCUT2D eigenvalue weighted by Crippen LogP contribution is -1.92. The van der Waals surface area contributed by atoms with Gasteiger partial charge in [-0.15, -0.1) is 0 Å². The molecule has 0 N–H and O–H groups in total. The van der Waals surface area contributed by atoms with Crippen LogP contribution in [0.2, 0.25) is 5.15 Å². The largest absolute Gasteiger partial charge is 0.259 e. The van der Waals surface area contributed by atoms with Gasteiger partial charge in [-0.2, -0.15) is 5.10 Å². The van der Waals surface area contributed by atoms with Crippen LogP contribution in [0, 0.1) is 6.92 Å². The molecule has 0 amide bonds. The van der Waals surface area contributed by atoms with E-state index in [1.54, 1.807) is 17.1 Å². The monoisotopic (exact) mass is 259 g/mol. The van der Waals surface area contributed by atoms with Crippen LogP contribution in [0.3, 0.4) is 0 Å². The van der Waals surface area contributed by atoms with Gasteiger partial charge in [0.05, 0.1) is 23.8 Å². The van der Waals surface area contributed by atoms with Crippen molar-refractivity contribution in [2.75, 3.05) is 0 Å². The third-order valence-electron chi connectivity index (χ3n) is 2.76. The van der Waals surface area contributed by atoms with Gasteiger partial charge in [-0.25, -0.2) is 9.97 Å². The molecule has 3 aromatic rings. The quantitative estimate of drug-likeness (QED) is 0.673. The number of nitrogens with zero attached hydrogens (tertiary/aromatic N) is 5. The molecule has 18 heavy (non-hydrogen) atoms. The van der Waals surface area contributed by atoms with Crippen molar-refractivity contribution >= 4 is 22.6 Å². The summed E-state index contributed by atoms with van der Waals surface area (Å²) in [4.78, 5) is 12.6. The second-order valence-electron chi connectivity index (χ2n) is 4.03.